The Morgan fingerprint density at radius 1 is 1.29 bits per heavy atom. The van der Waals surface area contributed by atoms with Crippen LogP contribution in [0.4, 0.5) is 11.5 Å². The second-order valence-electron chi connectivity index (χ2n) is 7.53. The molecule has 1 aliphatic heterocycles. The Balaban J connectivity index is 1.51. The van der Waals surface area contributed by atoms with Crippen LogP contribution < -0.4 is 14.2 Å². The number of imidazole rings is 1. The molecule has 0 amide bonds. The van der Waals surface area contributed by atoms with E-state index in [2.05, 4.69) is 9.71 Å². The number of sulfonamides is 1. The number of benzene rings is 2. The molecule has 1 atom stereocenters. The van der Waals surface area contributed by atoms with Gasteiger partial charge in [0.15, 0.2) is 5.60 Å². The lowest BCUT2D eigenvalue weighted by atomic mass is 10.1. The van der Waals surface area contributed by atoms with Crippen molar-refractivity contribution >= 4 is 21.5 Å². The molecule has 0 radical (unpaired) electrons. The maximum Gasteiger partial charge on any atom is 0.415 e. The van der Waals surface area contributed by atoms with E-state index in [0.717, 1.165) is 5.56 Å². The maximum atomic E-state index is 12.7. The molecule has 10 nitrogen and oxygen atoms in total. The fourth-order valence-corrected chi connectivity index (χ4v) is 4.31. The van der Waals surface area contributed by atoms with Crippen molar-refractivity contribution in [2.45, 2.75) is 30.9 Å². The minimum atomic E-state index is -3.79. The van der Waals surface area contributed by atoms with Gasteiger partial charge in [0.2, 0.25) is 0 Å². The Hall–Kier alpha value is -3.60. The minimum Gasteiger partial charge on any atom is -0.487 e. The number of anilines is 1. The molecule has 1 aliphatic rings. The molecular formula is C20H20N4O6S. The molecule has 1 aromatic heterocycles. The van der Waals surface area contributed by atoms with Crippen molar-refractivity contribution < 1.29 is 22.8 Å². The van der Waals surface area contributed by atoms with E-state index < -0.39 is 20.5 Å². The number of rotatable bonds is 7. The van der Waals surface area contributed by atoms with Crippen LogP contribution in [0.25, 0.3) is 0 Å². The lowest BCUT2D eigenvalue weighted by Crippen LogP contribution is -2.38. The molecule has 0 aliphatic carbocycles. The van der Waals surface area contributed by atoms with Gasteiger partial charge in [0.1, 0.15) is 18.6 Å². The van der Waals surface area contributed by atoms with Crippen molar-refractivity contribution in [2.24, 2.45) is 0 Å². The van der Waals surface area contributed by atoms with E-state index in [1.165, 1.54) is 18.3 Å². The van der Waals surface area contributed by atoms with Crippen LogP contribution in [-0.2, 0) is 16.6 Å². The quantitative estimate of drug-likeness (QED) is 0.438. The molecule has 2 aromatic carbocycles. The highest BCUT2D eigenvalue weighted by atomic mass is 32.2. The number of nitro groups is 1. The molecule has 0 saturated carbocycles. The van der Waals surface area contributed by atoms with Gasteiger partial charge >= 0.3 is 11.8 Å². The van der Waals surface area contributed by atoms with Crippen molar-refractivity contribution in [3.05, 3.63) is 70.4 Å². The largest absolute Gasteiger partial charge is 0.487 e. The van der Waals surface area contributed by atoms with Gasteiger partial charge in [0.05, 0.1) is 17.1 Å². The summed E-state index contributed by atoms with van der Waals surface area (Å²) in [5.74, 6) is 0.0640. The van der Waals surface area contributed by atoms with Gasteiger partial charge in [0.25, 0.3) is 10.0 Å². The number of nitrogens with one attached hydrogen (secondary N) is 1. The van der Waals surface area contributed by atoms with E-state index in [9.17, 15) is 18.5 Å². The first-order valence-corrected chi connectivity index (χ1v) is 10.9. The fraction of sp³-hybridized carbons (Fsp3) is 0.250. The molecule has 0 saturated heterocycles. The van der Waals surface area contributed by atoms with E-state index in [1.807, 2.05) is 6.92 Å². The van der Waals surface area contributed by atoms with E-state index in [4.69, 9.17) is 9.47 Å². The second-order valence-corrected chi connectivity index (χ2v) is 9.21. The highest BCUT2D eigenvalue weighted by molar-refractivity contribution is 7.92. The van der Waals surface area contributed by atoms with E-state index >= 15 is 0 Å². The predicted octanol–water partition coefficient (Wildman–Crippen LogP) is 3.13. The molecule has 0 fully saturated rings. The minimum absolute atomic E-state index is 0.0771. The summed E-state index contributed by atoms with van der Waals surface area (Å²) in [5.41, 5.74) is 0.361. The molecule has 4 rings (SSSR count). The number of hydrogen-bond acceptors (Lipinski definition) is 7. The lowest BCUT2D eigenvalue weighted by Gasteiger charge is -2.23. The molecule has 0 unspecified atom stereocenters. The average molecular weight is 444 g/mol. The fourth-order valence-electron chi connectivity index (χ4n) is 3.22. The van der Waals surface area contributed by atoms with Crippen LogP contribution in [0.5, 0.6) is 11.8 Å². The van der Waals surface area contributed by atoms with Gasteiger partial charge in [-0.15, -0.1) is 0 Å². The molecule has 2 heterocycles. The summed E-state index contributed by atoms with van der Waals surface area (Å²) in [4.78, 5) is 14.3. The van der Waals surface area contributed by atoms with E-state index in [0.29, 0.717) is 18.0 Å². The third kappa shape index (κ3) is 4.31. The van der Waals surface area contributed by atoms with Gasteiger partial charge in [-0.2, -0.15) is 0 Å². The van der Waals surface area contributed by atoms with E-state index in [1.54, 1.807) is 47.9 Å². The smallest absolute Gasteiger partial charge is 0.415 e. The number of nitrogens with zero attached hydrogens (tertiary/aromatic N) is 3. The third-order valence-electron chi connectivity index (χ3n) is 4.72. The summed E-state index contributed by atoms with van der Waals surface area (Å²) in [6.07, 6.45) is 1.31. The Morgan fingerprint density at radius 2 is 2.03 bits per heavy atom. The summed E-state index contributed by atoms with van der Waals surface area (Å²) < 4.78 is 41.2. The van der Waals surface area contributed by atoms with Crippen molar-refractivity contribution in [1.82, 2.24) is 9.55 Å². The van der Waals surface area contributed by atoms with Gasteiger partial charge in [-0.1, -0.05) is 24.3 Å². The molecule has 31 heavy (non-hydrogen) atoms. The highest BCUT2D eigenvalue weighted by Crippen LogP contribution is 2.33. The third-order valence-corrected chi connectivity index (χ3v) is 6.11. The Bertz CT molecular complexity index is 1220. The predicted molar refractivity (Wildman–Crippen MR) is 112 cm³/mol. The number of aryl methyl sites for hydroxylation is 1. The normalized spacial score (nSPS) is 17.6. The van der Waals surface area contributed by atoms with Gasteiger partial charge < -0.3 is 19.6 Å². The number of hydrogen-bond donors (Lipinski definition) is 1. The van der Waals surface area contributed by atoms with Crippen LogP contribution in [-0.4, -0.2) is 35.1 Å². The standard InChI is InChI=1S/C20H20N4O6S/c1-14-8-9-16(22-31(27,28)15-6-4-3-5-7-15)17(10-14)29-13-20(2)12-23-11-18(24(25)26)21-19(23)30-20/h3-11,22H,12-13H2,1-2H3/t20-/m1/s1. The van der Waals surface area contributed by atoms with Crippen molar-refractivity contribution in [3.8, 4) is 11.8 Å². The zero-order valence-corrected chi connectivity index (χ0v) is 17.6. The summed E-state index contributed by atoms with van der Waals surface area (Å²) in [6, 6.07) is 13.3. The average Bonchev–Trinajstić information content (AvgIpc) is 3.24. The number of fused-ring (bicyclic) bond motifs is 1. The molecular weight excluding hydrogens is 424 g/mol. The molecule has 11 heteroatoms. The van der Waals surface area contributed by atoms with Crippen molar-refractivity contribution in [1.29, 1.82) is 0 Å². The van der Waals surface area contributed by atoms with Gasteiger partial charge in [0, 0.05) is 4.98 Å². The van der Waals surface area contributed by atoms with Gasteiger partial charge in [-0.25, -0.2) is 8.42 Å². The Morgan fingerprint density at radius 3 is 2.71 bits per heavy atom. The zero-order valence-electron chi connectivity index (χ0n) is 16.8. The van der Waals surface area contributed by atoms with E-state index in [-0.39, 0.29) is 23.3 Å². The zero-order chi connectivity index (χ0) is 22.2. The number of ether oxygens (including phenoxy) is 2. The van der Waals surface area contributed by atoms with Gasteiger partial charge in [-0.05, 0) is 48.6 Å². The Labute approximate surface area is 178 Å². The molecule has 0 spiro atoms. The van der Waals surface area contributed by atoms with Crippen molar-refractivity contribution in [2.75, 3.05) is 11.3 Å². The van der Waals surface area contributed by atoms with Crippen LogP contribution in [0.3, 0.4) is 0 Å². The first-order valence-electron chi connectivity index (χ1n) is 9.37. The molecule has 162 valence electrons. The highest BCUT2D eigenvalue weighted by Gasteiger charge is 2.41. The summed E-state index contributed by atoms with van der Waals surface area (Å²) in [5, 5.41) is 10.9. The Kier molecular flexibility index (Phi) is 5.05. The van der Waals surface area contributed by atoms with Crippen LogP contribution >= 0.6 is 0 Å². The summed E-state index contributed by atoms with van der Waals surface area (Å²) >= 11 is 0. The topological polar surface area (TPSA) is 126 Å². The number of aromatic nitrogens is 2. The van der Waals surface area contributed by atoms with Gasteiger partial charge in [-0.3, -0.25) is 9.29 Å². The second kappa shape index (κ2) is 7.58. The lowest BCUT2D eigenvalue weighted by molar-refractivity contribution is -0.389. The monoisotopic (exact) mass is 444 g/mol. The molecule has 3 aromatic rings. The van der Waals surface area contributed by atoms with Crippen LogP contribution in [0.1, 0.15) is 12.5 Å². The van der Waals surface area contributed by atoms with Crippen LogP contribution in [0.2, 0.25) is 0 Å². The summed E-state index contributed by atoms with van der Waals surface area (Å²) in [7, 11) is -3.79. The molecule has 0 bridgehead atoms. The van der Waals surface area contributed by atoms with Crippen LogP contribution in [0, 0.1) is 17.0 Å². The van der Waals surface area contributed by atoms with Crippen LogP contribution in [0.15, 0.2) is 59.6 Å². The summed E-state index contributed by atoms with van der Waals surface area (Å²) in [6.45, 7) is 4.04. The van der Waals surface area contributed by atoms with Crippen molar-refractivity contribution in [3.63, 3.8) is 0 Å². The first kappa shape index (κ1) is 20.7. The first-order chi connectivity index (χ1) is 14.7. The molecule has 1 N–H and O–H groups in total. The maximum absolute atomic E-state index is 12.7. The SMILES string of the molecule is Cc1ccc(NS(=O)(=O)c2ccccc2)c(OC[C@@]2(C)Cn3cc([N+](=O)[O-])nc3O2)c1.